The van der Waals surface area contributed by atoms with Crippen molar-refractivity contribution in [2.45, 2.75) is 46.1 Å². The van der Waals surface area contributed by atoms with Gasteiger partial charge < -0.3 is 10.3 Å². The summed E-state index contributed by atoms with van der Waals surface area (Å²) in [7, 11) is 0. The quantitative estimate of drug-likeness (QED) is 0.649. The van der Waals surface area contributed by atoms with Crippen LogP contribution in [0.2, 0.25) is 0 Å². The van der Waals surface area contributed by atoms with Gasteiger partial charge in [-0.15, -0.1) is 0 Å². The summed E-state index contributed by atoms with van der Waals surface area (Å²) in [6.07, 6.45) is 8.04. The molecule has 0 unspecified atom stereocenters. The van der Waals surface area contributed by atoms with Gasteiger partial charge in [0.25, 0.3) is 0 Å². The van der Waals surface area contributed by atoms with E-state index >= 15 is 0 Å². The van der Waals surface area contributed by atoms with Crippen LogP contribution in [-0.2, 0) is 4.79 Å². The van der Waals surface area contributed by atoms with Crippen molar-refractivity contribution in [1.29, 1.82) is 5.41 Å². The zero-order valence-corrected chi connectivity index (χ0v) is 13.6. The molecule has 1 saturated heterocycles. The molecule has 0 aliphatic carbocycles. The first-order valence-electron chi connectivity index (χ1n) is 7.65. The van der Waals surface area contributed by atoms with E-state index in [0.29, 0.717) is 11.8 Å². The highest BCUT2D eigenvalue weighted by Gasteiger charge is 2.20. The second-order valence-corrected chi connectivity index (χ2v) is 5.94. The molecule has 0 aromatic carbocycles. The van der Waals surface area contributed by atoms with E-state index in [1.807, 2.05) is 19.2 Å². The minimum Gasteiger partial charge on any atom is -0.369 e. The van der Waals surface area contributed by atoms with Crippen molar-refractivity contribution < 1.29 is 4.79 Å². The molecular weight excluding hydrogens is 276 g/mol. The number of Topliss-reactive ketones (excluding diaryl/α,β-unsaturated/α-hetero) is 1. The van der Waals surface area contributed by atoms with Gasteiger partial charge in [-0.3, -0.25) is 4.79 Å². The summed E-state index contributed by atoms with van der Waals surface area (Å²) in [6.45, 7) is 10.8. The Morgan fingerprint density at radius 2 is 2.32 bits per heavy atom. The fourth-order valence-corrected chi connectivity index (χ4v) is 2.83. The Kier molecular flexibility index (Phi) is 4.96. The monoisotopic (exact) mass is 300 g/mol. The summed E-state index contributed by atoms with van der Waals surface area (Å²) in [6, 6.07) is 0.537. The van der Waals surface area contributed by atoms with Crippen LogP contribution in [0.5, 0.6) is 0 Å². The summed E-state index contributed by atoms with van der Waals surface area (Å²) in [5.41, 5.74) is 2.89. The molecule has 0 amide bonds. The predicted molar refractivity (Wildman–Crippen MR) is 89.0 cm³/mol. The van der Waals surface area contributed by atoms with Gasteiger partial charge in [0.1, 0.15) is 5.78 Å². The first-order chi connectivity index (χ1) is 10.4. The fourth-order valence-electron chi connectivity index (χ4n) is 2.83. The molecule has 118 valence electrons. The van der Waals surface area contributed by atoms with Crippen LogP contribution in [0.1, 0.15) is 44.4 Å². The maximum Gasteiger partial charge on any atom is 0.135 e. The molecular formula is C17H24N4O. The number of carbonyl (C=O) groups is 1. The number of carbonyl (C=O) groups excluding carboxylic acids is 1. The molecule has 0 radical (unpaired) electrons. The Morgan fingerprint density at radius 3 is 2.91 bits per heavy atom. The highest BCUT2D eigenvalue weighted by atomic mass is 16.1. The third-order valence-electron chi connectivity index (χ3n) is 4.13. The molecule has 5 heteroatoms. The van der Waals surface area contributed by atoms with Crippen molar-refractivity contribution in [1.82, 2.24) is 14.7 Å². The van der Waals surface area contributed by atoms with Gasteiger partial charge in [-0.05, 0) is 39.7 Å². The van der Waals surface area contributed by atoms with E-state index in [1.54, 1.807) is 10.9 Å². The number of allylic oxidation sites excluding steroid dienone is 1. The van der Waals surface area contributed by atoms with Crippen LogP contribution in [0, 0.1) is 12.3 Å². The molecule has 5 nitrogen and oxygen atoms in total. The largest absolute Gasteiger partial charge is 0.369 e. The predicted octanol–water partition coefficient (Wildman–Crippen LogP) is 3.01. The zero-order valence-electron chi connectivity index (χ0n) is 13.6. The van der Waals surface area contributed by atoms with Crippen molar-refractivity contribution in [3.05, 3.63) is 35.8 Å². The van der Waals surface area contributed by atoms with Crippen LogP contribution in [-0.4, -0.2) is 38.8 Å². The molecule has 0 saturated carbocycles. The van der Waals surface area contributed by atoms with E-state index in [-0.39, 0.29) is 12.2 Å². The SMILES string of the molecule is C=C(/C=C\n1ncc(C(=N)CC(C)=O)c1C)N1CCC[C@@H]1C. The molecule has 1 aromatic rings. The number of nitrogens with one attached hydrogen (secondary N) is 1. The lowest BCUT2D eigenvalue weighted by molar-refractivity contribution is -0.115. The number of aromatic nitrogens is 2. The average molecular weight is 300 g/mol. The van der Waals surface area contributed by atoms with Gasteiger partial charge in [0.15, 0.2) is 0 Å². The number of hydrogen-bond acceptors (Lipinski definition) is 4. The van der Waals surface area contributed by atoms with Gasteiger partial charge in [-0.1, -0.05) is 6.58 Å². The Labute approximate surface area is 131 Å². The van der Waals surface area contributed by atoms with E-state index in [4.69, 9.17) is 5.41 Å². The number of ketones is 1. The van der Waals surface area contributed by atoms with Gasteiger partial charge in [-0.25, -0.2) is 4.68 Å². The molecule has 1 atom stereocenters. The van der Waals surface area contributed by atoms with Crippen LogP contribution >= 0.6 is 0 Å². The van der Waals surface area contributed by atoms with Gasteiger partial charge in [0.05, 0.1) is 6.20 Å². The van der Waals surface area contributed by atoms with Crippen molar-refractivity contribution in [3.8, 4) is 0 Å². The molecule has 22 heavy (non-hydrogen) atoms. The van der Waals surface area contributed by atoms with E-state index in [1.165, 1.54) is 19.8 Å². The molecule has 1 aliphatic rings. The summed E-state index contributed by atoms with van der Waals surface area (Å²) in [4.78, 5) is 13.4. The zero-order chi connectivity index (χ0) is 16.3. The average Bonchev–Trinajstić information content (AvgIpc) is 3.01. The third kappa shape index (κ3) is 3.53. The van der Waals surface area contributed by atoms with E-state index < -0.39 is 0 Å². The van der Waals surface area contributed by atoms with Crippen molar-refractivity contribution in [2.24, 2.45) is 0 Å². The molecule has 1 aliphatic heterocycles. The second kappa shape index (κ2) is 6.73. The van der Waals surface area contributed by atoms with Crippen LogP contribution in [0.3, 0.4) is 0 Å². The van der Waals surface area contributed by atoms with Crippen LogP contribution in [0.25, 0.3) is 6.20 Å². The first-order valence-corrected chi connectivity index (χ1v) is 7.65. The lowest BCUT2D eigenvalue weighted by atomic mass is 10.1. The Hall–Kier alpha value is -2.17. The molecule has 0 spiro atoms. The number of hydrogen-bond donors (Lipinski definition) is 1. The van der Waals surface area contributed by atoms with Gasteiger partial charge in [0.2, 0.25) is 0 Å². The molecule has 2 heterocycles. The van der Waals surface area contributed by atoms with E-state index in [9.17, 15) is 4.79 Å². The highest BCUT2D eigenvalue weighted by Crippen LogP contribution is 2.21. The van der Waals surface area contributed by atoms with Crippen LogP contribution in [0.15, 0.2) is 24.5 Å². The van der Waals surface area contributed by atoms with Crippen molar-refractivity contribution in [2.75, 3.05) is 6.54 Å². The molecule has 2 rings (SSSR count). The van der Waals surface area contributed by atoms with Gasteiger partial charge in [-0.2, -0.15) is 5.10 Å². The number of nitrogens with zero attached hydrogens (tertiary/aromatic N) is 3. The topological polar surface area (TPSA) is 62.0 Å². The normalized spacial score (nSPS) is 18.1. The standard InChI is InChI=1S/C17H24N4O/c1-12-6-5-8-20(12)13(2)7-9-21-15(4)16(11-19-21)17(18)10-14(3)22/h7,9,11-12,18H,2,5-6,8,10H2,1,3-4H3/b9-7-,18-17?/t12-/m0/s1. The van der Waals surface area contributed by atoms with Crippen molar-refractivity contribution >= 4 is 17.7 Å². The Balaban J connectivity index is 2.09. The Morgan fingerprint density at radius 1 is 1.59 bits per heavy atom. The fraction of sp³-hybridized carbons (Fsp3) is 0.471. The number of rotatable bonds is 6. The highest BCUT2D eigenvalue weighted by molar-refractivity contribution is 6.09. The lowest BCUT2D eigenvalue weighted by Crippen LogP contribution is -2.24. The van der Waals surface area contributed by atoms with Crippen LogP contribution in [0.4, 0.5) is 0 Å². The maximum atomic E-state index is 11.1. The van der Waals surface area contributed by atoms with Crippen molar-refractivity contribution in [3.63, 3.8) is 0 Å². The van der Waals surface area contributed by atoms with E-state index in [2.05, 4.69) is 23.5 Å². The van der Waals surface area contributed by atoms with Crippen LogP contribution < -0.4 is 0 Å². The molecule has 1 N–H and O–H groups in total. The summed E-state index contributed by atoms with van der Waals surface area (Å²) in [5.74, 6) is -0.0101. The smallest absolute Gasteiger partial charge is 0.135 e. The van der Waals surface area contributed by atoms with E-state index in [0.717, 1.165) is 23.5 Å². The third-order valence-corrected chi connectivity index (χ3v) is 4.13. The first kappa shape index (κ1) is 16.2. The minimum atomic E-state index is -0.0101. The summed E-state index contributed by atoms with van der Waals surface area (Å²) in [5, 5.41) is 12.2. The minimum absolute atomic E-state index is 0.0101. The number of likely N-dealkylation sites (tertiary alicyclic amines) is 1. The molecule has 1 aromatic heterocycles. The summed E-state index contributed by atoms with van der Waals surface area (Å²) < 4.78 is 1.73. The van der Waals surface area contributed by atoms with Gasteiger partial charge >= 0.3 is 0 Å². The second-order valence-electron chi connectivity index (χ2n) is 5.94. The molecule has 0 bridgehead atoms. The maximum absolute atomic E-state index is 11.1. The molecule has 1 fully saturated rings. The van der Waals surface area contributed by atoms with Gasteiger partial charge in [0, 0.05) is 47.9 Å². The Bertz CT molecular complexity index is 627. The lowest BCUT2D eigenvalue weighted by Gasteiger charge is -2.23. The summed E-state index contributed by atoms with van der Waals surface area (Å²) >= 11 is 0.